The highest BCUT2D eigenvalue weighted by Crippen LogP contribution is 2.22. The van der Waals surface area contributed by atoms with E-state index in [0.29, 0.717) is 17.3 Å². The Bertz CT molecular complexity index is 860. The molecule has 0 spiro atoms. The summed E-state index contributed by atoms with van der Waals surface area (Å²) < 4.78 is 52.9. The first-order valence-corrected chi connectivity index (χ1v) is 10.2. The van der Waals surface area contributed by atoms with Crippen molar-refractivity contribution in [3.05, 3.63) is 47.3 Å². The van der Waals surface area contributed by atoms with Crippen LogP contribution >= 0.6 is 11.3 Å². The number of nitrogens with zero attached hydrogens (tertiary/aromatic N) is 2. The Morgan fingerprint density at radius 3 is 2.35 bits per heavy atom. The van der Waals surface area contributed by atoms with E-state index < -0.39 is 27.6 Å². The van der Waals surface area contributed by atoms with Crippen LogP contribution in [0.4, 0.5) is 14.5 Å². The summed E-state index contributed by atoms with van der Waals surface area (Å²) >= 11 is 1.17. The van der Waals surface area contributed by atoms with E-state index in [0.717, 1.165) is 18.2 Å². The van der Waals surface area contributed by atoms with Gasteiger partial charge in [0.1, 0.15) is 15.8 Å². The van der Waals surface area contributed by atoms with Gasteiger partial charge in [0.05, 0.1) is 6.54 Å². The number of halogens is 2. The van der Waals surface area contributed by atoms with Crippen molar-refractivity contribution in [2.75, 3.05) is 38.0 Å². The SMILES string of the molecule is O=C(CN1CCN(S(=O)(=O)c2cccs2)CC1)Nc1cc(F)cc(F)c1. The maximum atomic E-state index is 13.1. The predicted octanol–water partition coefficient (Wildman–Crippen LogP) is 1.97. The molecule has 0 aliphatic carbocycles. The number of hydrogen-bond donors (Lipinski definition) is 1. The fraction of sp³-hybridized carbons (Fsp3) is 0.312. The van der Waals surface area contributed by atoms with Gasteiger partial charge in [0.15, 0.2) is 0 Å². The van der Waals surface area contributed by atoms with Crippen LogP contribution in [-0.4, -0.2) is 56.3 Å². The molecule has 0 unspecified atom stereocenters. The summed E-state index contributed by atoms with van der Waals surface area (Å²) in [5.41, 5.74) is 0.0476. The number of anilines is 1. The van der Waals surface area contributed by atoms with Crippen LogP contribution in [0.3, 0.4) is 0 Å². The third-order valence-electron chi connectivity index (χ3n) is 3.93. The molecule has 2 aromatic rings. The lowest BCUT2D eigenvalue weighted by Gasteiger charge is -2.33. The summed E-state index contributed by atoms with van der Waals surface area (Å²) in [6, 6.07) is 6.05. The van der Waals surface area contributed by atoms with Crippen LogP contribution in [0, 0.1) is 11.6 Å². The molecular weight excluding hydrogens is 384 g/mol. The molecule has 0 radical (unpaired) electrons. The lowest BCUT2D eigenvalue weighted by molar-refractivity contribution is -0.117. The second kappa shape index (κ2) is 7.78. The van der Waals surface area contributed by atoms with E-state index >= 15 is 0 Å². The highest BCUT2D eigenvalue weighted by Gasteiger charge is 2.29. The molecule has 1 N–H and O–H groups in total. The van der Waals surface area contributed by atoms with E-state index in [-0.39, 0.29) is 25.3 Å². The molecule has 1 fully saturated rings. The highest BCUT2D eigenvalue weighted by molar-refractivity contribution is 7.91. The van der Waals surface area contributed by atoms with Gasteiger partial charge in [-0.15, -0.1) is 11.3 Å². The van der Waals surface area contributed by atoms with Crippen molar-refractivity contribution in [2.24, 2.45) is 0 Å². The maximum absolute atomic E-state index is 13.1. The molecule has 0 saturated carbocycles. The third kappa shape index (κ3) is 4.44. The van der Waals surface area contributed by atoms with Crippen LogP contribution in [0.1, 0.15) is 0 Å². The van der Waals surface area contributed by atoms with Crippen molar-refractivity contribution >= 4 is 33.0 Å². The summed E-state index contributed by atoms with van der Waals surface area (Å²) in [7, 11) is -3.49. The molecule has 140 valence electrons. The maximum Gasteiger partial charge on any atom is 0.252 e. The minimum Gasteiger partial charge on any atom is -0.325 e. The van der Waals surface area contributed by atoms with Crippen molar-refractivity contribution in [1.29, 1.82) is 0 Å². The monoisotopic (exact) mass is 401 g/mol. The second-order valence-corrected chi connectivity index (χ2v) is 8.93. The van der Waals surface area contributed by atoms with Crippen molar-refractivity contribution in [1.82, 2.24) is 9.21 Å². The molecule has 2 heterocycles. The Kier molecular flexibility index (Phi) is 5.66. The Morgan fingerprint density at radius 2 is 1.77 bits per heavy atom. The summed E-state index contributed by atoms with van der Waals surface area (Å²) in [5.74, 6) is -1.95. The van der Waals surface area contributed by atoms with Crippen molar-refractivity contribution in [2.45, 2.75) is 4.21 Å². The molecule has 0 bridgehead atoms. The molecule has 6 nitrogen and oxygen atoms in total. The lowest BCUT2D eigenvalue weighted by Crippen LogP contribution is -2.50. The first kappa shape index (κ1) is 18.9. The summed E-state index contributed by atoms with van der Waals surface area (Å²) in [6.45, 7) is 1.38. The fourth-order valence-corrected chi connectivity index (χ4v) is 5.26. The zero-order valence-corrected chi connectivity index (χ0v) is 15.3. The number of thiophene rings is 1. The third-order valence-corrected chi connectivity index (χ3v) is 7.21. The fourth-order valence-electron chi connectivity index (χ4n) is 2.70. The molecule has 1 aliphatic heterocycles. The van der Waals surface area contributed by atoms with Gasteiger partial charge in [-0.3, -0.25) is 9.69 Å². The molecule has 1 amide bonds. The first-order valence-electron chi connectivity index (χ1n) is 7.86. The quantitative estimate of drug-likeness (QED) is 0.832. The van der Waals surface area contributed by atoms with Crippen LogP contribution in [0.15, 0.2) is 39.9 Å². The van der Waals surface area contributed by atoms with E-state index in [1.165, 1.54) is 15.6 Å². The smallest absolute Gasteiger partial charge is 0.252 e. The van der Waals surface area contributed by atoms with Crippen LogP contribution in [0.25, 0.3) is 0 Å². The Morgan fingerprint density at radius 1 is 1.12 bits per heavy atom. The topological polar surface area (TPSA) is 69.7 Å². The first-order chi connectivity index (χ1) is 12.3. The number of carbonyl (C=O) groups is 1. The van der Waals surface area contributed by atoms with E-state index in [4.69, 9.17) is 0 Å². The second-order valence-electron chi connectivity index (χ2n) is 5.82. The zero-order chi connectivity index (χ0) is 18.7. The standard InChI is InChI=1S/C16H17F2N3O3S2/c17-12-8-13(18)10-14(9-12)19-15(22)11-20-3-5-21(6-4-20)26(23,24)16-2-1-7-25-16/h1-2,7-10H,3-6,11H2,(H,19,22). The predicted molar refractivity (Wildman–Crippen MR) is 94.5 cm³/mol. The molecule has 1 saturated heterocycles. The van der Waals surface area contributed by atoms with Gasteiger partial charge in [-0.1, -0.05) is 6.07 Å². The number of nitrogens with one attached hydrogen (secondary N) is 1. The van der Waals surface area contributed by atoms with Crippen LogP contribution < -0.4 is 5.32 Å². The largest absolute Gasteiger partial charge is 0.325 e. The summed E-state index contributed by atoms with van der Waals surface area (Å²) in [4.78, 5) is 13.8. The number of sulfonamides is 1. The zero-order valence-electron chi connectivity index (χ0n) is 13.7. The molecule has 3 rings (SSSR count). The molecule has 1 aromatic carbocycles. The number of rotatable bonds is 5. The van der Waals surface area contributed by atoms with Gasteiger partial charge in [0.2, 0.25) is 5.91 Å². The molecule has 10 heteroatoms. The van der Waals surface area contributed by atoms with Gasteiger partial charge in [-0.25, -0.2) is 17.2 Å². The number of carbonyl (C=O) groups excluding carboxylic acids is 1. The number of amides is 1. The van der Waals surface area contributed by atoms with Crippen molar-refractivity contribution in [3.8, 4) is 0 Å². The van der Waals surface area contributed by atoms with Gasteiger partial charge in [0, 0.05) is 37.9 Å². The summed E-state index contributed by atoms with van der Waals surface area (Å²) in [6.07, 6.45) is 0. The van der Waals surface area contributed by atoms with Gasteiger partial charge in [-0.05, 0) is 23.6 Å². The average molecular weight is 401 g/mol. The van der Waals surface area contributed by atoms with E-state index in [1.54, 1.807) is 22.4 Å². The molecule has 26 heavy (non-hydrogen) atoms. The number of piperazine rings is 1. The van der Waals surface area contributed by atoms with E-state index in [9.17, 15) is 22.0 Å². The lowest BCUT2D eigenvalue weighted by atomic mass is 10.3. The molecule has 0 atom stereocenters. The van der Waals surface area contributed by atoms with E-state index in [2.05, 4.69) is 5.32 Å². The van der Waals surface area contributed by atoms with E-state index in [1.807, 2.05) is 0 Å². The molecule has 1 aromatic heterocycles. The van der Waals surface area contributed by atoms with Crippen molar-refractivity contribution in [3.63, 3.8) is 0 Å². The minimum absolute atomic E-state index is 0.0189. The highest BCUT2D eigenvalue weighted by atomic mass is 32.2. The average Bonchev–Trinajstić information content (AvgIpc) is 3.09. The Labute approximate surface area is 154 Å². The number of hydrogen-bond acceptors (Lipinski definition) is 5. The van der Waals surface area contributed by atoms with Gasteiger partial charge < -0.3 is 5.32 Å². The minimum atomic E-state index is -3.49. The Balaban J connectivity index is 1.53. The normalized spacial score (nSPS) is 16.5. The van der Waals surface area contributed by atoms with Crippen LogP contribution in [0.2, 0.25) is 0 Å². The van der Waals surface area contributed by atoms with Gasteiger partial charge in [0.25, 0.3) is 10.0 Å². The van der Waals surface area contributed by atoms with Gasteiger partial charge >= 0.3 is 0 Å². The number of benzene rings is 1. The Hall–Kier alpha value is -1.88. The van der Waals surface area contributed by atoms with Crippen LogP contribution in [0.5, 0.6) is 0 Å². The van der Waals surface area contributed by atoms with Crippen molar-refractivity contribution < 1.29 is 22.0 Å². The van der Waals surface area contributed by atoms with Crippen LogP contribution in [-0.2, 0) is 14.8 Å². The molecular formula is C16H17F2N3O3S2. The molecule has 1 aliphatic rings. The summed E-state index contributed by atoms with van der Waals surface area (Å²) in [5, 5.41) is 4.15. The van der Waals surface area contributed by atoms with Gasteiger partial charge in [-0.2, -0.15) is 4.31 Å².